The molecule has 0 aliphatic heterocycles. The molecule has 112 valence electrons. The van der Waals surface area contributed by atoms with Gasteiger partial charge in [-0.05, 0) is 24.1 Å². The molecule has 9 heteroatoms. The number of nitrogens with zero attached hydrogens (tertiary/aromatic N) is 2. The Kier molecular flexibility index (Phi) is 5.27. The number of alkyl halides is 1. The maximum Gasteiger partial charge on any atom is 0.262 e. The molecule has 0 aliphatic carbocycles. The van der Waals surface area contributed by atoms with Gasteiger partial charge >= 0.3 is 0 Å². The van der Waals surface area contributed by atoms with Crippen molar-refractivity contribution in [3.05, 3.63) is 46.5 Å². The third kappa shape index (κ3) is 3.97. The number of nitrogens with one attached hydrogen (secondary N) is 1. The highest BCUT2D eigenvalue weighted by Gasteiger charge is 2.18. The van der Waals surface area contributed by atoms with E-state index in [1.54, 1.807) is 12.1 Å². The van der Waals surface area contributed by atoms with Gasteiger partial charge in [0.25, 0.3) is 10.0 Å². The zero-order valence-electron chi connectivity index (χ0n) is 10.6. The summed E-state index contributed by atoms with van der Waals surface area (Å²) in [5, 5.41) is -0.144. The number of benzene rings is 1. The zero-order valence-corrected chi connectivity index (χ0v) is 13.6. The summed E-state index contributed by atoms with van der Waals surface area (Å²) in [7, 11) is -3.82. The van der Waals surface area contributed by atoms with Gasteiger partial charge in [-0.2, -0.15) is 0 Å². The fraction of sp³-hybridized carbons (Fsp3) is 0.167. The van der Waals surface area contributed by atoms with Crippen molar-refractivity contribution in [2.24, 2.45) is 0 Å². The average molecular weight is 367 g/mol. The fourth-order valence-corrected chi connectivity index (χ4v) is 3.38. The van der Waals surface area contributed by atoms with Crippen molar-refractivity contribution in [2.75, 3.05) is 10.6 Å². The Bertz CT molecular complexity index is 716. The number of rotatable bonds is 5. The Labute approximate surface area is 137 Å². The molecule has 0 radical (unpaired) electrons. The highest BCUT2D eigenvalue weighted by Crippen LogP contribution is 2.28. The van der Waals surface area contributed by atoms with Gasteiger partial charge in [-0.1, -0.05) is 35.3 Å². The second kappa shape index (κ2) is 6.79. The van der Waals surface area contributed by atoms with E-state index >= 15 is 0 Å². The molecule has 0 unspecified atom stereocenters. The minimum atomic E-state index is -3.82. The largest absolute Gasteiger partial charge is 0.274 e. The molecule has 5 nitrogen and oxygen atoms in total. The fourth-order valence-electron chi connectivity index (χ4n) is 1.57. The highest BCUT2D eigenvalue weighted by molar-refractivity contribution is 7.92. The van der Waals surface area contributed by atoms with E-state index in [4.69, 9.17) is 34.8 Å². The lowest BCUT2D eigenvalue weighted by atomic mass is 10.2. The van der Waals surface area contributed by atoms with Crippen molar-refractivity contribution in [3.63, 3.8) is 0 Å². The summed E-state index contributed by atoms with van der Waals surface area (Å²) in [5.74, 6) is 0.469. The maximum absolute atomic E-state index is 12.3. The first-order valence-electron chi connectivity index (χ1n) is 5.78. The van der Waals surface area contributed by atoms with Gasteiger partial charge in [0.15, 0.2) is 10.3 Å². The summed E-state index contributed by atoms with van der Waals surface area (Å²) < 4.78 is 26.8. The topological polar surface area (TPSA) is 72.0 Å². The van der Waals surface area contributed by atoms with Gasteiger partial charge in [0, 0.05) is 5.88 Å². The van der Waals surface area contributed by atoms with Gasteiger partial charge in [0.1, 0.15) is 12.0 Å². The molecular formula is C12H10Cl3N3O2S. The van der Waals surface area contributed by atoms with Crippen LogP contribution in [-0.4, -0.2) is 24.3 Å². The Morgan fingerprint density at radius 1 is 1.05 bits per heavy atom. The summed E-state index contributed by atoms with van der Waals surface area (Å²) in [6.07, 6.45) is 1.81. The predicted molar refractivity (Wildman–Crippen MR) is 83.7 cm³/mol. The van der Waals surface area contributed by atoms with E-state index in [1.807, 2.05) is 0 Å². The van der Waals surface area contributed by atoms with E-state index in [2.05, 4.69) is 14.7 Å². The lowest BCUT2D eigenvalue weighted by Crippen LogP contribution is -2.14. The predicted octanol–water partition coefficient (Wildman–Crippen LogP) is 3.37. The maximum atomic E-state index is 12.3. The lowest BCUT2D eigenvalue weighted by Gasteiger charge is -2.10. The van der Waals surface area contributed by atoms with Gasteiger partial charge in [-0.3, -0.25) is 4.72 Å². The molecule has 2 rings (SSSR count). The number of aryl methyl sites for hydroxylation is 1. The van der Waals surface area contributed by atoms with Gasteiger partial charge in [-0.25, -0.2) is 18.4 Å². The standard InChI is InChI=1S/C12H10Cl3N3O2S/c13-6-5-8-1-3-9(4-2-8)21(19,20)18-10-11(14)16-7-17-12(10)15/h1-4,7,18H,5-6H2. The van der Waals surface area contributed by atoms with Crippen molar-refractivity contribution >= 4 is 50.5 Å². The third-order valence-corrected chi connectivity index (χ3v) is 4.74. The molecule has 0 atom stereocenters. The van der Waals surface area contributed by atoms with Crippen LogP contribution in [0.1, 0.15) is 5.56 Å². The van der Waals surface area contributed by atoms with Crippen LogP contribution >= 0.6 is 34.8 Å². The number of aromatic nitrogens is 2. The van der Waals surface area contributed by atoms with Crippen molar-refractivity contribution in [1.29, 1.82) is 0 Å². The van der Waals surface area contributed by atoms with Crippen LogP contribution in [0.4, 0.5) is 5.69 Å². The Morgan fingerprint density at radius 3 is 2.14 bits per heavy atom. The van der Waals surface area contributed by atoms with E-state index in [0.29, 0.717) is 12.3 Å². The van der Waals surface area contributed by atoms with E-state index in [1.165, 1.54) is 12.1 Å². The minimum Gasteiger partial charge on any atom is -0.274 e. The Morgan fingerprint density at radius 2 is 1.62 bits per heavy atom. The second-order valence-corrected chi connectivity index (χ2v) is 6.80. The first kappa shape index (κ1) is 16.3. The SMILES string of the molecule is O=S(=O)(Nc1c(Cl)ncnc1Cl)c1ccc(CCCl)cc1. The first-order chi connectivity index (χ1) is 9.94. The second-order valence-electron chi connectivity index (χ2n) is 4.02. The first-order valence-corrected chi connectivity index (χ1v) is 8.55. The van der Waals surface area contributed by atoms with Crippen molar-refractivity contribution in [3.8, 4) is 0 Å². The molecule has 0 saturated carbocycles. The molecule has 2 aromatic rings. The molecular weight excluding hydrogens is 357 g/mol. The van der Waals surface area contributed by atoms with E-state index < -0.39 is 10.0 Å². The normalized spacial score (nSPS) is 11.4. The zero-order chi connectivity index (χ0) is 15.5. The van der Waals surface area contributed by atoms with E-state index in [0.717, 1.165) is 11.9 Å². The molecule has 0 spiro atoms. The average Bonchev–Trinajstić information content (AvgIpc) is 2.44. The van der Waals surface area contributed by atoms with Gasteiger partial charge in [-0.15, -0.1) is 11.6 Å². The molecule has 21 heavy (non-hydrogen) atoms. The molecule has 1 aromatic heterocycles. The van der Waals surface area contributed by atoms with Crippen LogP contribution in [0.5, 0.6) is 0 Å². The molecule has 1 aromatic carbocycles. The number of anilines is 1. The number of halogens is 3. The van der Waals surface area contributed by atoms with Gasteiger partial charge in [0.2, 0.25) is 0 Å². The van der Waals surface area contributed by atoms with Crippen LogP contribution in [0.15, 0.2) is 35.5 Å². The van der Waals surface area contributed by atoms with Crippen molar-refractivity contribution in [2.45, 2.75) is 11.3 Å². The van der Waals surface area contributed by atoms with Crippen LogP contribution in [0.2, 0.25) is 10.3 Å². The van der Waals surface area contributed by atoms with Crippen LogP contribution in [0.3, 0.4) is 0 Å². The molecule has 0 bridgehead atoms. The van der Waals surface area contributed by atoms with Crippen LogP contribution in [-0.2, 0) is 16.4 Å². The molecule has 0 saturated heterocycles. The molecule has 0 aliphatic rings. The van der Waals surface area contributed by atoms with Crippen LogP contribution in [0.25, 0.3) is 0 Å². The Hall–Kier alpha value is -1.08. The molecule has 1 heterocycles. The molecule has 1 N–H and O–H groups in total. The number of hydrogen-bond donors (Lipinski definition) is 1. The summed E-state index contributed by atoms with van der Waals surface area (Å²) >= 11 is 17.3. The van der Waals surface area contributed by atoms with E-state index in [-0.39, 0.29) is 20.9 Å². The van der Waals surface area contributed by atoms with Crippen molar-refractivity contribution < 1.29 is 8.42 Å². The third-order valence-electron chi connectivity index (χ3n) is 2.61. The monoisotopic (exact) mass is 365 g/mol. The molecule has 0 amide bonds. The minimum absolute atomic E-state index is 0.0503. The van der Waals surface area contributed by atoms with Crippen molar-refractivity contribution in [1.82, 2.24) is 9.97 Å². The summed E-state index contributed by atoms with van der Waals surface area (Å²) in [5.41, 5.74) is 0.897. The Balaban J connectivity index is 2.30. The van der Waals surface area contributed by atoms with Gasteiger partial charge < -0.3 is 0 Å². The quantitative estimate of drug-likeness (QED) is 0.650. The summed E-state index contributed by atoms with van der Waals surface area (Å²) in [4.78, 5) is 7.45. The highest BCUT2D eigenvalue weighted by atomic mass is 35.5. The summed E-state index contributed by atoms with van der Waals surface area (Å²) in [6, 6.07) is 6.36. The summed E-state index contributed by atoms with van der Waals surface area (Å²) in [6.45, 7) is 0. The molecule has 0 fully saturated rings. The van der Waals surface area contributed by atoms with Crippen LogP contribution in [0, 0.1) is 0 Å². The van der Waals surface area contributed by atoms with Crippen LogP contribution < -0.4 is 4.72 Å². The lowest BCUT2D eigenvalue weighted by molar-refractivity contribution is 0.601. The van der Waals surface area contributed by atoms with Gasteiger partial charge in [0.05, 0.1) is 4.90 Å². The number of sulfonamides is 1. The van der Waals surface area contributed by atoms with E-state index in [9.17, 15) is 8.42 Å². The number of hydrogen-bond acceptors (Lipinski definition) is 4. The smallest absolute Gasteiger partial charge is 0.262 e.